The van der Waals surface area contributed by atoms with E-state index in [-0.39, 0.29) is 24.6 Å². The van der Waals surface area contributed by atoms with E-state index >= 15 is 0 Å². The number of aliphatic imine (C=N–C) groups is 1. The number of rotatable bonds is 19. The fourth-order valence-corrected chi connectivity index (χ4v) is 3.65. The molecule has 0 aromatic rings. The average Bonchev–Trinajstić information content (AvgIpc) is 2.81. The van der Waals surface area contributed by atoms with Crippen molar-refractivity contribution in [2.45, 2.75) is 62.7 Å². The van der Waals surface area contributed by atoms with Gasteiger partial charge >= 0.3 is 5.97 Å². The molecule has 13 nitrogen and oxygen atoms in total. The second-order valence-electron chi connectivity index (χ2n) is 7.83. The normalized spacial score (nSPS) is 14.2. The molecule has 0 fully saturated rings. The third kappa shape index (κ3) is 14.7. The molecule has 0 saturated carbocycles. The van der Waals surface area contributed by atoms with E-state index in [0.29, 0.717) is 44.5 Å². The molecule has 0 saturated heterocycles. The molecule has 0 aliphatic carbocycles. The number of nitrogens with zero attached hydrogens (tertiary/aromatic N) is 1. The summed E-state index contributed by atoms with van der Waals surface area (Å²) in [5.74, 6) is -2.52. The van der Waals surface area contributed by atoms with Gasteiger partial charge in [0.2, 0.25) is 17.7 Å². The van der Waals surface area contributed by atoms with E-state index < -0.39 is 47.9 Å². The molecule has 0 heterocycles. The van der Waals surface area contributed by atoms with Crippen LogP contribution in [0.2, 0.25) is 0 Å². The highest BCUT2D eigenvalue weighted by molar-refractivity contribution is 7.98. The molecule has 4 unspecified atom stereocenters. The molecule has 202 valence electrons. The number of carboxylic acid groups (broad SMARTS) is 1. The van der Waals surface area contributed by atoms with Crippen LogP contribution in [0.3, 0.4) is 0 Å². The van der Waals surface area contributed by atoms with E-state index in [0.717, 1.165) is 0 Å². The van der Waals surface area contributed by atoms with Crippen LogP contribution in [-0.4, -0.2) is 89.8 Å². The number of amides is 3. The second-order valence-corrected chi connectivity index (χ2v) is 9.18. The molecule has 0 aliphatic heterocycles. The van der Waals surface area contributed by atoms with Gasteiger partial charge in [-0.15, -0.1) is 0 Å². The van der Waals surface area contributed by atoms with Gasteiger partial charge in [0.05, 0.1) is 6.04 Å². The summed E-state index contributed by atoms with van der Waals surface area (Å²) >= 11 is 5.60. The summed E-state index contributed by atoms with van der Waals surface area (Å²) in [6.45, 7) is 0.735. The van der Waals surface area contributed by atoms with Crippen molar-refractivity contribution in [1.82, 2.24) is 16.0 Å². The molecule has 0 aromatic heterocycles. The Morgan fingerprint density at radius 2 is 1.51 bits per heavy atom. The molecule has 0 radical (unpaired) electrons. The number of nitrogens with one attached hydrogen (secondary N) is 3. The summed E-state index contributed by atoms with van der Waals surface area (Å²) in [5.41, 5.74) is 21.8. The first-order valence-corrected chi connectivity index (χ1v) is 13.3. The summed E-state index contributed by atoms with van der Waals surface area (Å²) in [4.78, 5) is 53.3. The lowest BCUT2D eigenvalue weighted by Gasteiger charge is -2.24. The van der Waals surface area contributed by atoms with Gasteiger partial charge < -0.3 is 44.0 Å². The van der Waals surface area contributed by atoms with Gasteiger partial charge in [-0.1, -0.05) is 0 Å². The first-order valence-electron chi connectivity index (χ1n) is 11.3. The van der Waals surface area contributed by atoms with Crippen molar-refractivity contribution >= 4 is 54.0 Å². The smallest absolute Gasteiger partial charge is 0.326 e. The molecule has 12 N–H and O–H groups in total. The van der Waals surface area contributed by atoms with Crippen LogP contribution >= 0.6 is 24.4 Å². The molecular formula is C20H40N8O5S2. The Hall–Kier alpha value is -2.23. The molecule has 3 amide bonds. The second kappa shape index (κ2) is 19.0. The highest BCUT2D eigenvalue weighted by Gasteiger charge is 2.29. The number of nitrogens with two attached hydrogens (primary N) is 4. The fraction of sp³-hybridized carbons (Fsp3) is 0.750. The molecule has 0 aromatic carbocycles. The van der Waals surface area contributed by atoms with E-state index in [4.69, 9.17) is 22.9 Å². The Balaban J connectivity index is 5.08. The lowest BCUT2D eigenvalue weighted by molar-refractivity contribution is -0.142. The lowest BCUT2D eigenvalue weighted by Crippen LogP contribution is -2.57. The maximum absolute atomic E-state index is 12.8. The van der Waals surface area contributed by atoms with E-state index in [1.54, 1.807) is 0 Å². The van der Waals surface area contributed by atoms with Crippen LogP contribution < -0.4 is 38.9 Å². The number of aliphatic carboxylic acids is 1. The van der Waals surface area contributed by atoms with Crippen LogP contribution in [0.5, 0.6) is 0 Å². The van der Waals surface area contributed by atoms with Crippen LogP contribution in [0.15, 0.2) is 4.99 Å². The number of hydrogen-bond acceptors (Lipinski definition) is 9. The maximum atomic E-state index is 12.8. The van der Waals surface area contributed by atoms with Crippen molar-refractivity contribution in [1.29, 1.82) is 0 Å². The Kier molecular flexibility index (Phi) is 17.8. The number of hydrogen-bond donors (Lipinski definition) is 9. The van der Waals surface area contributed by atoms with Crippen molar-refractivity contribution in [3.63, 3.8) is 0 Å². The fourth-order valence-electron chi connectivity index (χ4n) is 2.92. The third-order valence-corrected chi connectivity index (χ3v) is 5.93. The number of thioether (sulfide) groups is 1. The Morgan fingerprint density at radius 1 is 0.914 bits per heavy atom. The molecule has 15 heteroatoms. The number of thiol groups is 1. The first kappa shape index (κ1) is 32.8. The number of carbonyl (C=O) groups excluding carboxylic acids is 3. The molecule has 0 aliphatic rings. The van der Waals surface area contributed by atoms with Gasteiger partial charge in [0.25, 0.3) is 0 Å². The van der Waals surface area contributed by atoms with Crippen molar-refractivity contribution in [3.05, 3.63) is 0 Å². The zero-order valence-electron chi connectivity index (χ0n) is 20.1. The number of carboxylic acids is 1. The highest BCUT2D eigenvalue weighted by Crippen LogP contribution is 2.06. The predicted molar refractivity (Wildman–Crippen MR) is 141 cm³/mol. The maximum Gasteiger partial charge on any atom is 0.326 e. The van der Waals surface area contributed by atoms with Gasteiger partial charge in [0, 0.05) is 12.3 Å². The first-order chi connectivity index (χ1) is 16.6. The third-order valence-electron chi connectivity index (χ3n) is 4.93. The minimum absolute atomic E-state index is 0.0357. The molecule has 35 heavy (non-hydrogen) atoms. The Labute approximate surface area is 215 Å². The summed E-state index contributed by atoms with van der Waals surface area (Å²) in [6.07, 6.45) is 4.26. The monoisotopic (exact) mass is 536 g/mol. The van der Waals surface area contributed by atoms with Crippen molar-refractivity contribution < 1.29 is 24.3 Å². The van der Waals surface area contributed by atoms with Gasteiger partial charge in [0.15, 0.2) is 5.96 Å². The summed E-state index contributed by atoms with van der Waals surface area (Å²) in [5, 5.41) is 17.0. The SMILES string of the molecule is CSCCC(NC(=O)C(CS)NC(=O)C(N)CCCN=C(N)N)C(=O)NC(CCCCN)C(=O)O. The zero-order valence-corrected chi connectivity index (χ0v) is 21.8. The van der Waals surface area contributed by atoms with Gasteiger partial charge in [-0.2, -0.15) is 24.4 Å². The largest absolute Gasteiger partial charge is 0.480 e. The Bertz CT molecular complexity index is 709. The Morgan fingerprint density at radius 3 is 2.06 bits per heavy atom. The standard InChI is InChI=1S/C20H40N8O5S2/c1-35-10-7-13(17(30)27-14(19(32)33)6-2-3-8-21)26-18(31)15(11-34)28-16(29)12(22)5-4-9-25-20(23)24/h12-15,34H,2-11,21-22H2,1H3,(H,26,31)(H,27,30)(H,28,29)(H,32,33)(H4,23,24,25). The molecule has 0 spiro atoms. The van der Waals surface area contributed by atoms with Crippen LogP contribution in [0.4, 0.5) is 0 Å². The molecule has 4 atom stereocenters. The van der Waals surface area contributed by atoms with Gasteiger partial charge in [-0.25, -0.2) is 4.79 Å². The van der Waals surface area contributed by atoms with Gasteiger partial charge in [-0.05, 0) is 57.1 Å². The van der Waals surface area contributed by atoms with E-state index in [1.165, 1.54) is 11.8 Å². The van der Waals surface area contributed by atoms with Crippen LogP contribution in [0.25, 0.3) is 0 Å². The number of unbranched alkanes of at least 4 members (excludes halogenated alkanes) is 1. The molecular weight excluding hydrogens is 496 g/mol. The van der Waals surface area contributed by atoms with Gasteiger partial charge in [0.1, 0.15) is 18.1 Å². The predicted octanol–water partition coefficient (Wildman–Crippen LogP) is -2.28. The number of carbonyl (C=O) groups is 4. The minimum Gasteiger partial charge on any atom is -0.480 e. The van der Waals surface area contributed by atoms with Crippen LogP contribution in [0.1, 0.15) is 38.5 Å². The van der Waals surface area contributed by atoms with Crippen LogP contribution in [0, 0.1) is 0 Å². The van der Waals surface area contributed by atoms with E-state index in [9.17, 15) is 24.3 Å². The van der Waals surface area contributed by atoms with Crippen molar-refractivity contribution in [3.8, 4) is 0 Å². The summed E-state index contributed by atoms with van der Waals surface area (Å²) < 4.78 is 0. The summed E-state index contributed by atoms with van der Waals surface area (Å²) in [7, 11) is 0. The van der Waals surface area contributed by atoms with Crippen LogP contribution in [-0.2, 0) is 19.2 Å². The lowest BCUT2D eigenvalue weighted by atomic mass is 10.1. The van der Waals surface area contributed by atoms with Crippen molar-refractivity contribution in [2.75, 3.05) is 30.9 Å². The van der Waals surface area contributed by atoms with E-state index in [2.05, 4.69) is 33.6 Å². The van der Waals surface area contributed by atoms with E-state index in [1.807, 2.05) is 6.26 Å². The zero-order chi connectivity index (χ0) is 26.8. The molecule has 0 rings (SSSR count). The quantitative estimate of drug-likeness (QED) is 0.0370. The highest BCUT2D eigenvalue weighted by atomic mass is 32.2. The summed E-state index contributed by atoms with van der Waals surface area (Å²) in [6, 6.07) is -4.02. The van der Waals surface area contributed by atoms with Gasteiger partial charge in [-0.3, -0.25) is 19.4 Å². The number of guanidine groups is 1. The molecule has 0 bridgehead atoms. The van der Waals surface area contributed by atoms with Crippen molar-refractivity contribution in [2.24, 2.45) is 27.9 Å². The minimum atomic E-state index is -1.17. The topological polar surface area (TPSA) is 241 Å². The average molecular weight is 537 g/mol.